The smallest absolute Gasteiger partial charge is 0.0581 e. The monoisotopic (exact) mass is 277 g/mol. The third-order valence-corrected chi connectivity index (χ3v) is 3.85. The normalized spacial score (nSPS) is 22.4. The van der Waals surface area contributed by atoms with E-state index < -0.39 is 0 Å². The minimum absolute atomic E-state index is 0.461. The lowest BCUT2D eigenvalue weighted by atomic mass is 10.0. The average molecular weight is 278 g/mol. The van der Waals surface area contributed by atoms with Gasteiger partial charge in [0.25, 0.3) is 0 Å². The van der Waals surface area contributed by atoms with Crippen molar-refractivity contribution in [2.45, 2.75) is 32.2 Å². The van der Waals surface area contributed by atoms with E-state index in [9.17, 15) is 0 Å². The summed E-state index contributed by atoms with van der Waals surface area (Å²) in [4.78, 5) is 0. The molecule has 1 nitrogen and oxygen atoms in total. The molecule has 0 aliphatic heterocycles. The molecule has 0 spiro atoms. The van der Waals surface area contributed by atoms with Gasteiger partial charge in [-0.3, -0.25) is 5.32 Å². The predicted molar refractivity (Wildman–Crippen MR) is 71.4 cm³/mol. The number of benzene rings is 1. The molecular weight excluding hydrogens is 262 g/mol. The number of fused-ring (bicyclic) bond motifs is 1. The zero-order valence-electron chi connectivity index (χ0n) is 9.68. The van der Waals surface area contributed by atoms with Crippen LogP contribution in [0.15, 0.2) is 22.7 Å². The van der Waals surface area contributed by atoms with Crippen LogP contribution in [0, 0.1) is 11.8 Å². The summed E-state index contributed by atoms with van der Waals surface area (Å²) < 4.78 is 1.24. The minimum Gasteiger partial charge on any atom is -0.299 e. The van der Waals surface area contributed by atoms with Gasteiger partial charge in [-0.25, -0.2) is 0 Å². The number of nitrogens with one attached hydrogen (secondary N) is 1. The zero-order chi connectivity index (χ0) is 11.5. The molecule has 1 aromatic carbocycles. The fourth-order valence-corrected chi connectivity index (χ4v) is 3.20. The zero-order valence-corrected chi connectivity index (χ0v) is 11.3. The molecule has 1 aliphatic carbocycles. The highest BCUT2D eigenvalue weighted by atomic mass is 79.9. The molecule has 1 aliphatic rings. The van der Waals surface area contributed by atoms with Gasteiger partial charge in [0.15, 0.2) is 0 Å². The first kappa shape index (κ1) is 11.7. The van der Waals surface area contributed by atoms with Crippen molar-refractivity contribution in [3.8, 4) is 11.8 Å². The molecule has 2 heteroatoms. The Bertz CT molecular complexity index is 442. The molecule has 16 heavy (non-hydrogen) atoms. The van der Waals surface area contributed by atoms with Crippen molar-refractivity contribution >= 4 is 15.9 Å². The molecule has 2 atom stereocenters. The summed E-state index contributed by atoms with van der Waals surface area (Å²) in [6.07, 6.45) is 1.17. The summed E-state index contributed by atoms with van der Waals surface area (Å²) in [5, 5.41) is 3.50. The van der Waals surface area contributed by atoms with E-state index >= 15 is 0 Å². The van der Waals surface area contributed by atoms with Crippen LogP contribution in [0.5, 0.6) is 0 Å². The SMILES string of the molecule is CC#CCNC1CC(C)c2c(Br)cccc21. The molecule has 0 fully saturated rings. The highest BCUT2D eigenvalue weighted by molar-refractivity contribution is 9.10. The maximum Gasteiger partial charge on any atom is 0.0581 e. The largest absolute Gasteiger partial charge is 0.299 e. The molecule has 0 bridgehead atoms. The summed E-state index contributed by atoms with van der Waals surface area (Å²) in [6, 6.07) is 6.93. The summed E-state index contributed by atoms with van der Waals surface area (Å²) in [7, 11) is 0. The van der Waals surface area contributed by atoms with E-state index in [1.807, 2.05) is 6.92 Å². The topological polar surface area (TPSA) is 12.0 Å². The minimum atomic E-state index is 0.461. The molecule has 0 amide bonds. The standard InChI is InChI=1S/C14H16BrN/c1-3-4-8-16-13-9-10(2)14-11(13)6-5-7-12(14)15/h5-7,10,13,16H,8-9H2,1-2H3. The van der Waals surface area contributed by atoms with E-state index in [-0.39, 0.29) is 0 Å². The predicted octanol–water partition coefficient (Wildman–Crippen LogP) is 3.61. The molecular formula is C14H16BrN. The first-order valence-corrected chi connectivity index (χ1v) is 6.44. The van der Waals surface area contributed by atoms with Crippen molar-refractivity contribution in [1.82, 2.24) is 5.32 Å². The molecule has 0 saturated heterocycles. The van der Waals surface area contributed by atoms with Gasteiger partial charge in [-0.2, -0.15) is 0 Å². The number of hydrogen-bond donors (Lipinski definition) is 1. The van der Waals surface area contributed by atoms with Gasteiger partial charge in [0.05, 0.1) is 6.54 Å². The Morgan fingerprint density at radius 2 is 2.31 bits per heavy atom. The number of halogens is 1. The van der Waals surface area contributed by atoms with Gasteiger partial charge < -0.3 is 0 Å². The third kappa shape index (κ3) is 2.16. The number of hydrogen-bond acceptors (Lipinski definition) is 1. The van der Waals surface area contributed by atoms with Gasteiger partial charge in [-0.05, 0) is 36.5 Å². The first-order chi connectivity index (χ1) is 7.74. The van der Waals surface area contributed by atoms with Crippen LogP contribution in [-0.2, 0) is 0 Å². The molecule has 0 saturated carbocycles. The van der Waals surface area contributed by atoms with Crippen LogP contribution in [0.25, 0.3) is 0 Å². The highest BCUT2D eigenvalue weighted by Crippen LogP contribution is 2.43. The summed E-state index contributed by atoms with van der Waals surface area (Å²) in [5.41, 5.74) is 2.89. The maximum atomic E-state index is 3.64. The number of rotatable bonds is 2. The Kier molecular flexibility index (Phi) is 3.68. The van der Waals surface area contributed by atoms with Gasteiger partial charge in [0, 0.05) is 10.5 Å². The second-order valence-corrected chi connectivity index (χ2v) is 5.09. The highest BCUT2D eigenvalue weighted by Gasteiger charge is 2.28. The summed E-state index contributed by atoms with van der Waals surface area (Å²) in [5.74, 6) is 6.60. The quantitative estimate of drug-likeness (QED) is 0.815. The van der Waals surface area contributed by atoms with E-state index in [4.69, 9.17) is 0 Å². The van der Waals surface area contributed by atoms with E-state index in [2.05, 4.69) is 58.2 Å². The Labute approximate surface area is 106 Å². The second-order valence-electron chi connectivity index (χ2n) is 4.24. The van der Waals surface area contributed by atoms with Crippen LogP contribution in [0.2, 0.25) is 0 Å². The molecule has 2 rings (SSSR count). The van der Waals surface area contributed by atoms with E-state index in [1.54, 1.807) is 0 Å². The maximum absolute atomic E-state index is 3.64. The van der Waals surface area contributed by atoms with Crippen molar-refractivity contribution in [2.75, 3.05) is 6.54 Å². The van der Waals surface area contributed by atoms with Crippen LogP contribution in [0.4, 0.5) is 0 Å². The molecule has 1 aromatic rings. The van der Waals surface area contributed by atoms with Crippen LogP contribution in [0.1, 0.15) is 43.4 Å². The van der Waals surface area contributed by atoms with Crippen LogP contribution in [-0.4, -0.2) is 6.54 Å². The molecule has 0 heterocycles. The lowest BCUT2D eigenvalue weighted by molar-refractivity contribution is 0.535. The average Bonchev–Trinajstić information content (AvgIpc) is 2.58. The van der Waals surface area contributed by atoms with Gasteiger partial charge in [0.2, 0.25) is 0 Å². The van der Waals surface area contributed by atoms with Crippen LogP contribution in [0.3, 0.4) is 0 Å². The van der Waals surface area contributed by atoms with Crippen LogP contribution < -0.4 is 5.32 Å². The second kappa shape index (κ2) is 5.03. The van der Waals surface area contributed by atoms with Crippen molar-refractivity contribution in [1.29, 1.82) is 0 Å². The third-order valence-electron chi connectivity index (χ3n) is 3.16. The van der Waals surface area contributed by atoms with Crippen molar-refractivity contribution in [2.24, 2.45) is 0 Å². The Hall–Kier alpha value is -0.780. The Morgan fingerprint density at radius 1 is 1.50 bits per heavy atom. The van der Waals surface area contributed by atoms with Gasteiger partial charge in [-0.1, -0.05) is 40.9 Å². The molecule has 0 aromatic heterocycles. The van der Waals surface area contributed by atoms with E-state index in [0.717, 1.165) is 6.54 Å². The van der Waals surface area contributed by atoms with Gasteiger partial charge in [0.1, 0.15) is 0 Å². The fourth-order valence-electron chi connectivity index (χ4n) is 2.43. The summed E-state index contributed by atoms with van der Waals surface area (Å²) >= 11 is 3.64. The Morgan fingerprint density at radius 3 is 3.06 bits per heavy atom. The molecule has 0 radical (unpaired) electrons. The molecule has 2 unspecified atom stereocenters. The molecule has 84 valence electrons. The molecule has 1 N–H and O–H groups in total. The van der Waals surface area contributed by atoms with Gasteiger partial charge in [-0.15, -0.1) is 5.92 Å². The van der Waals surface area contributed by atoms with Crippen molar-refractivity contribution in [3.05, 3.63) is 33.8 Å². The van der Waals surface area contributed by atoms with E-state index in [0.29, 0.717) is 12.0 Å². The van der Waals surface area contributed by atoms with Crippen molar-refractivity contribution < 1.29 is 0 Å². The Balaban J connectivity index is 2.21. The van der Waals surface area contributed by atoms with E-state index in [1.165, 1.54) is 22.0 Å². The lowest BCUT2D eigenvalue weighted by Crippen LogP contribution is -2.19. The lowest BCUT2D eigenvalue weighted by Gasteiger charge is -2.11. The fraction of sp³-hybridized carbons (Fsp3) is 0.429. The van der Waals surface area contributed by atoms with Crippen molar-refractivity contribution in [3.63, 3.8) is 0 Å². The summed E-state index contributed by atoms with van der Waals surface area (Å²) in [6.45, 7) is 4.94. The van der Waals surface area contributed by atoms with Gasteiger partial charge >= 0.3 is 0 Å². The first-order valence-electron chi connectivity index (χ1n) is 5.65. The van der Waals surface area contributed by atoms with Crippen LogP contribution >= 0.6 is 15.9 Å².